The molecule has 0 aromatic heterocycles. The summed E-state index contributed by atoms with van der Waals surface area (Å²) in [4.78, 5) is 1.65. The molecule has 112 valence electrons. The topological polar surface area (TPSA) is 66.6 Å². The van der Waals surface area contributed by atoms with E-state index in [1.807, 2.05) is 19.0 Å². The van der Waals surface area contributed by atoms with Crippen LogP contribution in [0.4, 0.5) is 10.1 Å². The van der Waals surface area contributed by atoms with Gasteiger partial charge in [0.1, 0.15) is 10.7 Å². The van der Waals surface area contributed by atoms with Crippen LogP contribution in [-0.2, 0) is 10.0 Å². The molecule has 20 heavy (non-hydrogen) atoms. The zero-order valence-corrected chi connectivity index (χ0v) is 12.5. The first kappa shape index (κ1) is 15.2. The summed E-state index contributed by atoms with van der Waals surface area (Å²) in [6, 6.07) is 3.59. The van der Waals surface area contributed by atoms with Gasteiger partial charge < -0.3 is 10.6 Å². The van der Waals surface area contributed by atoms with Gasteiger partial charge in [-0.2, -0.15) is 4.31 Å². The Balaban J connectivity index is 2.34. The van der Waals surface area contributed by atoms with Crippen molar-refractivity contribution in [1.82, 2.24) is 9.21 Å². The Kier molecular flexibility index (Phi) is 4.31. The molecular weight excluding hydrogens is 281 g/mol. The fourth-order valence-corrected chi connectivity index (χ4v) is 4.31. The van der Waals surface area contributed by atoms with Crippen LogP contribution in [0.25, 0.3) is 0 Å². The van der Waals surface area contributed by atoms with E-state index in [9.17, 15) is 12.8 Å². The quantitative estimate of drug-likeness (QED) is 0.846. The molecular formula is C13H20FN3O2S. The first-order valence-electron chi connectivity index (χ1n) is 6.54. The lowest BCUT2D eigenvalue weighted by Crippen LogP contribution is -2.41. The highest BCUT2D eigenvalue weighted by Gasteiger charge is 2.36. The van der Waals surface area contributed by atoms with E-state index >= 15 is 0 Å². The maximum Gasteiger partial charge on any atom is 0.246 e. The average molecular weight is 301 g/mol. The second-order valence-electron chi connectivity index (χ2n) is 5.36. The predicted octanol–water partition coefficient (Wildman–Crippen LogP) is 1.12. The smallest absolute Gasteiger partial charge is 0.246 e. The number of hydrogen-bond donors (Lipinski definition) is 1. The van der Waals surface area contributed by atoms with Crippen LogP contribution in [0, 0.1) is 5.82 Å². The second-order valence-corrected chi connectivity index (χ2v) is 7.22. The van der Waals surface area contributed by atoms with Gasteiger partial charge >= 0.3 is 0 Å². The Hall–Kier alpha value is -1.18. The Morgan fingerprint density at radius 3 is 2.75 bits per heavy atom. The number of nitrogens with two attached hydrogens (primary N) is 1. The molecule has 1 heterocycles. The molecule has 0 radical (unpaired) electrons. The summed E-state index contributed by atoms with van der Waals surface area (Å²) in [6.45, 7) is 1.07. The van der Waals surface area contributed by atoms with Crippen molar-refractivity contribution >= 4 is 15.7 Å². The molecule has 1 aliphatic rings. The van der Waals surface area contributed by atoms with Gasteiger partial charge in [-0.05, 0) is 45.1 Å². The Labute approximate surface area is 119 Å². The molecule has 5 nitrogen and oxygen atoms in total. The molecule has 1 atom stereocenters. The van der Waals surface area contributed by atoms with Crippen LogP contribution in [0.1, 0.15) is 12.8 Å². The molecule has 1 aromatic carbocycles. The van der Waals surface area contributed by atoms with Crippen molar-refractivity contribution < 1.29 is 12.8 Å². The minimum atomic E-state index is -3.80. The van der Waals surface area contributed by atoms with Gasteiger partial charge in [-0.25, -0.2) is 12.8 Å². The third-order valence-electron chi connectivity index (χ3n) is 3.44. The van der Waals surface area contributed by atoms with Gasteiger partial charge in [-0.1, -0.05) is 0 Å². The molecule has 1 fully saturated rings. The fourth-order valence-electron chi connectivity index (χ4n) is 2.58. The highest BCUT2D eigenvalue weighted by atomic mass is 32.2. The first-order chi connectivity index (χ1) is 9.32. The fraction of sp³-hybridized carbons (Fsp3) is 0.538. The molecule has 1 saturated heterocycles. The number of hydrogen-bond acceptors (Lipinski definition) is 4. The molecule has 2 N–H and O–H groups in total. The van der Waals surface area contributed by atoms with Crippen molar-refractivity contribution in [2.75, 3.05) is 32.9 Å². The van der Waals surface area contributed by atoms with Crippen molar-refractivity contribution in [3.63, 3.8) is 0 Å². The summed E-state index contributed by atoms with van der Waals surface area (Å²) < 4.78 is 40.5. The third kappa shape index (κ3) is 2.94. The normalized spacial score (nSPS) is 20.7. The van der Waals surface area contributed by atoms with E-state index in [1.165, 1.54) is 16.4 Å². The summed E-state index contributed by atoms with van der Waals surface area (Å²) in [7, 11) is -0.0133. The van der Waals surface area contributed by atoms with E-state index in [1.54, 1.807) is 0 Å². The second kappa shape index (κ2) is 5.67. The number of rotatable bonds is 4. The minimum absolute atomic E-state index is 0.105. The number of benzene rings is 1. The van der Waals surface area contributed by atoms with Gasteiger partial charge in [-0.3, -0.25) is 0 Å². The largest absolute Gasteiger partial charge is 0.399 e. The van der Waals surface area contributed by atoms with E-state index in [2.05, 4.69) is 0 Å². The Morgan fingerprint density at radius 2 is 2.15 bits per heavy atom. The number of anilines is 1. The summed E-state index contributed by atoms with van der Waals surface area (Å²) in [6.07, 6.45) is 1.60. The van der Waals surface area contributed by atoms with Crippen LogP contribution in [0.2, 0.25) is 0 Å². The van der Waals surface area contributed by atoms with Crippen molar-refractivity contribution in [3.8, 4) is 0 Å². The third-order valence-corrected chi connectivity index (χ3v) is 5.43. The molecule has 0 spiro atoms. The number of nitrogen functional groups attached to an aromatic ring is 1. The molecule has 0 aliphatic carbocycles. The average Bonchev–Trinajstić information content (AvgIpc) is 2.76. The molecule has 1 aromatic rings. The van der Waals surface area contributed by atoms with Gasteiger partial charge in [0.15, 0.2) is 0 Å². The van der Waals surface area contributed by atoms with E-state index in [0.717, 1.165) is 18.9 Å². The minimum Gasteiger partial charge on any atom is -0.399 e. The van der Waals surface area contributed by atoms with E-state index in [4.69, 9.17) is 5.73 Å². The molecule has 0 bridgehead atoms. The van der Waals surface area contributed by atoms with Crippen molar-refractivity contribution in [2.24, 2.45) is 0 Å². The molecule has 7 heteroatoms. The molecule has 0 saturated carbocycles. The summed E-state index contributed by atoms with van der Waals surface area (Å²) in [5.41, 5.74) is 5.68. The van der Waals surface area contributed by atoms with Crippen LogP contribution in [0.3, 0.4) is 0 Å². The lowest BCUT2D eigenvalue weighted by Gasteiger charge is -2.26. The number of sulfonamides is 1. The van der Waals surface area contributed by atoms with Gasteiger partial charge in [0.25, 0.3) is 0 Å². The molecule has 2 rings (SSSR count). The van der Waals surface area contributed by atoms with E-state index < -0.39 is 15.8 Å². The van der Waals surface area contributed by atoms with Crippen LogP contribution in [0.5, 0.6) is 0 Å². The first-order valence-corrected chi connectivity index (χ1v) is 7.98. The lowest BCUT2D eigenvalue weighted by molar-refractivity contribution is 0.290. The van der Waals surface area contributed by atoms with E-state index in [-0.39, 0.29) is 16.6 Å². The van der Waals surface area contributed by atoms with Crippen molar-refractivity contribution in [3.05, 3.63) is 24.0 Å². The standard InChI is InChI=1S/C13H20FN3O2S/c1-16(2)9-11-4-3-7-17(11)20(18,19)13-6-5-10(15)8-12(13)14/h5-6,8,11H,3-4,7,9,15H2,1-2H3. The van der Waals surface area contributed by atoms with E-state index in [0.29, 0.717) is 13.1 Å². The van der Waals surface area contributed by atoms with Crippen molar-refractivity contribution in [2.45, 2.75) is 23.8 Å². The zero-order valence-electron chi connectivity index (χ0n) is 11.7. The molecule has 1 aliphatic heterocycles. The van der Waals surface area contributed by atoms with Gasteiger partial charge in [-0.15, -0.1) is 0 Å². The van der Waals surface area contributed by atoms with Gasteiger partial charge in [0.05, 0.1) is 0 Å². The lowest BCUT2D eigenvalue weighted by atomic mass is 10.2. The summed E-state index contributed by atoms with van der Waals surface area (Å²) in [5.74, 6) is -0.791. The molecule has 0 amide bonds. The number of likely N-dealkylation sites (N-methyl/N-ethyl adjacent to an activating group) is 1. The Bertz CT molecular complexity index is 589. The Morgan fingerprint density at radius 1 is 1.45 bits per heavy atom. The maximum atomic E-state index is 13.9. The van der Waals surface area contributed by atoms with Crippen LogP contribution < -0.4 is 5.73 Å². The molecule has 1 unspecified atom stereocenters. The van der Waals surface area contributed by atoms with Crippen LogP contribution >= 0.6 is 0 Å². The summed E-state index contributed by atoms with van der Waals surface area (Å²) >= 11 is 0. The monoisotopic (exact) mass is 301 g/mol. The zero-order chi connectivity index (χ0) is 14.9. The van der Waals surface area contributed by atoms with Gasteiger partial charge in [0, 0.05) is 24.8 Å². The SMILES string of the molecule is CN(C)CC1CCCN1S(=O)(=O)c1ccc(N)cc1F. The maximum absolute atomic E-state index is 13.9. The predicted molar refractivity (Wildman–Crippen MR) is 76.3 cm³/mol. The van der Waals surface area contributed by atoms with Crippen molar-refractivity contribution in [1.29, 1.82) is 0 Å². The van der Waals surface area contributed by atoms with Crippen LogP contribution in [0.15, 0.2) is 23.1 Å². The van der Waals surface area contributed by atoms with Crippen LogP contribution in [-0.4, -0.2) is 50.8 Å². The summed E-state index contributed by atoms with van der Waals surface area (Å²) in [5, 5.41) is 0. The van der Waals surface area contributed by atoms with Gasteiger partial charge in [0.2, 0.25) is 10.0 Å². The number of halogens is 1. The highest BCUT2D eigenvalue weighted by molar-refractivity contribution is 7.89. The highest BCUT2D eigenvalue weighted by Crippen LogP contribution is 2.28. The number of nitrogens with zero attached hydrogens (tertiary/aromatic N) is 2.